The Kier molecular flexibility index (Phi) is 5.06. The van der Waals surface area contributed by atoms with Crippen LogP contribution in [0.1, 0.15) is 62.6 Å². The Bertz CT molecular complexity index is 1170. The average molecular weight is 412 g/mol. The third kappa shape index (κ3) is 3.74. The molecule has 1 heterocycles. The van der Waals surface area contributed by atoms with Crippen LogP contribution in [-0.4, -0.2) is 10.5 Å². The maximum absolute atomic E-state index is 12.4. The summed E-state index contributed by atoms with van der Waals surface area (Å²) in [5.41, 5.74) is 5.96. The maximum Gasteiger partial charge on any atom is 0.224 e. The van der Waals surface area contributed by atoms with Crippen LogP contribution in [-0.2, 0) is 4.79 Å². The number of benzene rings is 2. The first-order chi connectivity index (χ1) is 15.0. The van der Waals surface area contributed by atoms with Gasteiger partial charge in [-0.15, -0.1) is 0 Å². The number of fused-ring (bicyclic) bond motifs is 1. The van der Waals surface area contributed by atoms with Gasteiger partial charge in [-0.25, -0.2) is 0 Å². The summed E-state index contributed by atoms with van der Waals surface area (Å²) in [6.07, 6.45) is 6.66. The number of carbonyl (C=O) groups excluding carboxylic acids is 1. The number of hydrogen-bond donors (Lipinski definition) is 1. The Morgan fingerprint density at radius 1 is 1.16 bits per heavy atom. The quantitative estimate of drug-likeness (QED) is 0.497. The maximum atomic E-state index is 12.4. The highest BCUT2D eigenvalue weighted by Gasteiger charge is 2.29. The number of nitriles is 1. The molecule has 0 bridgehead atoms. The second kappa shape index (κ2) is 7.89. The number of rotatable bonds is 6. The van der Waals surface area contributed by atoms with Gasteiger partial charge in [-0.3, -0.25) is 4.79 Å². The topological polar surface area (TPSA) is 57.8 Å². The van der Waals surface area contributed by atoms with E-state index in [1.807, 2.05) is 24.3 Å². The molecule has 0 radical (unpaired) electrons. The van der Waals surface area contributed by atoms with Crippen LogP contribution in [0.3, 0.4) is 0 Å². The van der Waals surface area contributed by atoms with Gasteiger partial charge in [-0.1, -0.05) is 31.2 Å². The molecule has 1 aromatic heterocycles. The fraction of sp³-hybridized carbons (Fsp3) is 0.407. The molecular weight excluding hydrogens is 382 g/mol. The van der Waals surface area contributed by atoms with Gasteiger partial charge in [0.2, 0.25) is 5.91 Å². The molecule has 1 unspecified atom stereocenters. The van der Waals surface area contributed by atoms with Gasteiger partial charge in [0.05, 0.1) is 16.8 Å². The lowest BCUT2D eigenvalue weighted by molar-refractivity contribution is -0.117. The molecule has 0 aliphatic heterocycles. The fourth-order valence-corrected chi connectivity index (χ4v) is 4.89. The van der Waals surface area contributed by atoms with Gasteiger partial charge in [0.1, 0.15) is 6.07 Å². The molecule has 2 aromatic carbocycles. The predicted octanol–water partition coefficient (Wildman–Crippen LogP) is 6.59. The summed E-state index contributed by atoms with van der Waals surface area (Å²) in [4.78, 5) is 12.4. The van der Waals surface area contributed by atoms with Crippen molar-refractivity contribution in [2.75, 3.05) is 5.32 Å². The molecule has 2 aliphatic rings. The van der Waals surface area contributed by atoms with Gasteiger partial charge < -0.3 is 9.88 Å². The van der Waals surface area contributed by atoms with Crippen LogP contribution in [0, 0.1) is 30.1 Å². The summed E-state index contributed by atoms with van der Waals surface area (Å²) >= 11 is 0. The third-order valence-electron chi connectivity index (χ3n) is 7.09. The second-order valence-electron chi connectivity index (χ2n) is 9.46. The first-order valence-corrected chi connectivity index (χ1v) is 11.5. The highest BCUT2D eigenvalue weighted by atomic mass is 16.1. The zero-order valence-electron chi connectivity index (χ0n) is 18.3. The standard InChI is InChI=1S/C27H29N3O/c1-17-6-13-23-24(16-28)27(30(25(23)14-17)22-4-3-5-22)20-9-11-21(12-10-20)29-26(31)15-18(2)19-7-8-19/h6,9-14,18-19,22H,3-5,7-8,15H2,1-2H3,(H,29,31). The molecule has 31 heavy (non-hydrogen) atoms. The molecule has 4 heteroatoms. The summed E-state index contributed by atoms with van der Waals surface area (Å²) in [7, 11) is 0. The number of carbonyl (C=O) groups is 1. The van der Waals surface area contributed by atoms with Crippen molar-refractivity contribution in [2.45, 2.75) is 58.4 Å². The molecule has 1 amide bonds. The molecule has 0 spiro atoms. The van der Waals surface area contributed by atoms with E-state index in [2.05, 4.69) is 48.0 Å². The zero-order chi connectivity index (χ0) is 21.5. The van der Waals surface area contributed by atoms with E-state index < -0.39 is 0 Å². The third-order valence-corrected chi connectivity index (χ3v) is 7.09. The molecule has 3 aromatic rings. The Labute approximate surface area is 183 Å². The predicted molar refractivity (Wildman–Crippen MR) is 125 cm³/mol. The first kappa shape index (κ1) is 19.9. The van der Waals surface area contributed by atoms with E-state index in [1.54, 1.807) is 0 Å². The van der Waals surface area contributed by atoms with Crippen LogP contribution in [0.25, 0.3) is 22.2 Å². The average Bonchev–Trinajstić information content (AvgIpc) is 3.52. The lowest BCUT2D eigenvalue weighted by atomic mass is 9.92. The van der Waals surface area contributed by atoms with Crippen molar-refractivity contribution in [1.29, 1.82) is 5.26 Å². The molecule has 158 valence electrons. The lowest BCUT2D eigenvalue weighted by Gasteiger charge is -2.30. The second-order valence-corrected chi connectivity index (χ2v) is 9.46. The van der Waals surface area contributed by atoms with Gasteiger partial charge >= 0.3 is 0 Å². The van der Waals surface area contributed by atoms with Crippen molar-refractivity contribution in [3.8, 4) is 17.3 Å². The first-order valence-electron chi connectivity index (χ1n) is 11.5. The van der Waals surface area contributed by atoms with Crippen molar-refractivity contribution in [2.24, 2.45) is 11.8 Å². The molecular formula is C27H29N3O. The minimum atomic E-state index is 0.0870. The van der Waals surface area contributed by atoms with Crippen molar-refractivity contribution in [3.63, 3.8) is 0 Å². The molecule has 1 N–H and O–H groups in total. The highest BCUT2D eigenvalue weighted by Crippen LogP contribution is 2.43. The Morgan fingerprint density at radius 2 is 1.90 bits per heavy atom. The van der Waals surface area contributed by atoms with Crippen LogP contribution in [0.2, 0.25) is 0 Å². The smallest absolute Gasteiger partial charge is 0.224 e. The molecule has 2 saturated carbocycles. The van der Waals surface area contributed by atoms with Crippen LogP contribution in [0.5, 0.6) is 0 Å². The van der Waals surface area contributed by atoms with Crippen molar-refractivity contribution in [1.82, 2.24) is 4.57 Å². The van der Waals surface area contributed by atoms with Crippen LogP contribution < -0.4 is 5.32 Å². The minimum Gasteiger partial charge on any atom is -0.336 e. The summed E-state index contributed by atoms with van der Waals surface area (Å²) < 4.78 is 2.38. The molecule has 0 saturated heterocycles. The molecule has 1 atom stereocenters. The van der Waals surface area contributed by atoms with Crippen LogP contribution in [0.4, 0.5) is 5.69 Å². The van der Waals surface area contributed by atoms with E-state index in [0.717, 1.165) is 52.2 Å². The molecule has 4 nitrogen and oxygen atoms in total. The molecule has 2 aliphatic carbocycles. The van der Waals surface area contributed by atoms with Gasteiger partial charge in [0.25, 0.3) is 0 Å². The van der Waals surface area contributed by atoms with E-state index in [1.165, 1.54) is 24.8 Å². The van der Waals surface area contributed by atoms with E-state index in [9.17, 15) is 10.1 Å². The minimum absolute atomic E-state index is 0.0870. The number of hydrogen-bond acceptors (Lipinski definition) is 2. The fourth-order valence-electron chi connectivity index (χ4n) is 4.89. The summed E-state index contributed by atoms with van der Waals surface area (Å²) in [6.45, 7) is 4.27. The Morgan fingerprint density at radius 3 is 2.52 bits per heavy atom. The number of anilines is 1. The number of nitrogens with zero attached hydrogens (tertiary/aromatic N) is 2. The van der Waals surface area contributed by atoms with Gasteiger partial charge in [-0.05, 0) is 80.2 Å². The van der Waals surface area contributed by atoms with Crippen molar-refractivity contribution < 1.29 is 4.79 Å². The zero-order valence-corrected chi connectivity index (χ0v) is 18.3. The summed E-state index contributed by atoms with van der Waals surface area (Å²) in [5, 5.41) is 14.1. The number of nitrogens with one attached hydrogen (secondary N) is 1. The van der Waals surface area contributed by atoms with E-state index >= 15 is 0 Å². The van der Waals surface area contributed by atoms with E-state index in [0.29, 0.717) is 18.4 Å². The number of aryl methyl sites for hydroxylation is 1. The van der Waals surface area contributed by atoms with E-state index in [-0.39, 0.29) is 5.91 Å². The Hall–Kier alpha value is -3.06. The molecule has 5 rings (SSSR count). The van der Waals surface area contributed by atoms with E-state index in [4.69, 9.17) is 0 Å². The van der Waals surface area contributed by atoms with Gasteiger partial charge in [0.15, 0.2) is 0 Å². The van der Waals surface area contributed by atoms with Gasteiger partial charge in [0, 0.05) is 23.5 Å². The SMILES string of the molecule is Cc1ccc2c(C#N)c(-c3ccc(NC(=O)CC(C)C4CC4)cc3)n(C3CCC3)c2c1. The van der Waals surface area contributed by atoms with Crippen molar-refractivity contribution >= 4 is 22.5 Å². The van der Waals surface area contributed by atoms with Crippen LogP contribution >= 0.6 is 0 Å². The highest BCUT2D eigenvalue weighted by molar-refractivity contribution is 5.96. The largest absolute Gasteiger partial charge is 0.336 e. The van der Waals surface area contributed by atoms with Crippen LogP contribution in [0.15, 0.2) is 42.5 Å². The monoisotopic (exact) mass is 411 g/mol. The summed E-state index contributed by atoms with van der Waals surface area (Å²) in [5.74, 6) is 1.28. The normalized spacial score (nSPS) is 17.2. The van der Waals surface area contributed by atoms with Gasteiger partial charge in [-0.2, -0.15) is 5.26 Å². The number of aromatic nitrogens is 1. The lowest BCUT2D eigenvalue weighted by Crippen LogP contribution is -2.18. The Balaban J connectivity index is 1.47. The number of amides is 1. The summed E-state index contributed by atoms with van der Waals surface area (Å²) in [6, 6.07) is 17.3. The molecule has 2 fully saturated rings. The van der Waals surface area contributed by atoms with Crippen molar-refractivity contribution in [3.05, 3.63) is 53.6 Å².